The zero-order chi connectivity index (χ0) is 19.6. The topological polar surface area (TPSA) is 80.3 Å². The van der Waals surface area contributed by atoms with Crippen LogP contribution in [0.25, 0.3) is 0 Å². The Morgan fingerprint density at radius 2 is 1.56 bits per heavy atom. The van der Waals surface area contributed by atoms with Crippen molar-refractivity contribution in [3.8, 4) is 0 Å². The first-order chi connectivity index (χ1) is 12.8. The summed E-state index contributed by atoms with van der Waals surface area (Å²) in [5.41, 5.74) is 0.573. The van der Waals surface area contributed by atoms with E-state index in [0.29, 0.717) is 44.8 Å². The van der Waals surface area contributed by atoms with Crippen molar-refractivity contribution >= 4 is 21.9 Å². The minimum atomic E-state index is -3.45. The SMILES string of the molecule is CN1CCN(S(=O)(=O)N2CCN(C(=O)c3ccnc(N(C)C)c3)CC2)CC1. The summed E-state index contributed by atoms with van der Waals surface area (Å²) < 4.78 is 28.7. The van der Waals surface area contributed by atoms with E-state index in [4.69, 9.17) is 0 Å². The van der Waals surface area contributed by atoms with Crippen molar-refractivity contribution in [1.82, 2.24) is 23.4 Å². The number of anilines is 1. The average molecular weight is 397 g/mol. The van der Waals surface area contributed by atoms with Crippen molar-refractivity contribution in [2.45, 2.75) is 0 Å². The summed E-state index contributed by atoms with van der Waals surface area (Å²) in [6.07, 6.45) is 1.62. The number of amides is 1. The molecule has 0 spiro atoms. The molecule has 10 heteroatoms. The molecule has 0 bridgehead atoms. The van der Waals surface area contributed by atoms with Gasteiger partial charge in [0, 0.05) is 78.2 Å². The van der Waals surface area contributed by atoms with Crippen LogP contribution >= 0.6 is 0 Å². The second kappa shape index (κ2) is 8.09. The maximum atomic E-state index is 12.8. The molecule has 0 aliphatic carbocycles. The summed E-state index contributed by atoms with van der Waals surface area (Å²) in [6.45, 7) is 3.96. The molecule has 1 amide bonds. The zero-order valence-electron chi connectivity index (χ0n) is 16.2. The van der Waals surface area contributed by atoms with Crippen molar-refractivity contribution in [2.24, 2.45) is 0 Å². The van der Waals surface area contributed by atoms with E-state index in [1.54, 1.807) is 27.5 Å². The quantitative estimate of drug-likeness (QED) is 0.676. The molecule has 9 nitrogen and oxygen atoms in total. The second-order valence-corrected chi connectivity index (χ2v) is 9.13. The highest BCUT2D eigenvalue weighted by Gasteiger charge is 2.34. The fourth-order valence-electron chi connectivity index (χ4n) is 3.28. The number of rotatable bonds is 4. The van der Waals surface area contributed by atoms with Gasteiger partial charge in [-0.05, 0) is 19.2 Å². The number of pyridine rings is 1. The fourth-order valence-corrected chi connectivity index (χ4v) is 4.86. The Labute approximate surface area is 161 Å². The largest absolute Gasteiger partial charge is 0.363 e. The van der Waals surface area contributed by atoms with Gasteiger partial charge in [0.2, 0.25) is 0 Å². The van der Waals surface area contributed by atoms with Gasteiger partial charge >= 0.3 is 0 Å². The Morgan fingerprint density at radius 3 is 2.11 bits per heavy atom. The Bertz CT molecular complexity index is 769. The first-order valence-electron chi connectivity index (χ1n) is 9.15. The average Bonchev–Trinajstić information content (AvgIpc) is 2.68. The van der Waals surface area contributed by atoms with Gasteiger partial charge in [0.25, 0.3) is 16.1 Å². The lowest BCUT2D eigenvalue weighted by atomic mass is 10.2. The van der Waals surface area contributed by atoms with Gasteiger partial charge < -0.3 is 14.7 Å². The van der Waals surface area contributed by atoms with Gasteiger partial charge in [-0.25, -0.2) is 4.98 Å². The number of likely N-dealkylation sites (N-methyl/N-ethyl adjacent to an activating group) is 1. The van der Waals surface area contributed by atoms with Crippen LogP contribution in [0.4, 0.5) is 5.82 Å². The molecule has 0 atom stereocenters. The predicted molar refractivity (Wildman–Crippen MR) is 104 cm³/mol. The number of piperazine rings is 2. The molecule has 2 saturated heterocycles. The minimum Gasteiger partial charge on any atom is -0.363 e. The molecular formula is C17H28N6O3S. The fraction of sp³-hybridized carbons (Fsp3) is 0.647. The van der Waals surface area contributed by atoms with Crippen molar-refractivity contribution in [3.05, 3.63) is 23.9 Å². The van der Waals surface area contributed by atoms with Crippen LogP contribution < -0.4 is 4.90 Å². The first-order valence-corrected chi connectivity index (χ1v) is 10.5. The van der Waals surface area contributed by atoms with Gasteiger partial charge in [-0.15, -0.1) is 0 Å². The van der Waals surface area contributed by atoms with E-state index in [2.05, 4.69) is 9.88 Å². The van der Waals surface area contributed by atoms with E-state index < -0.39 is 10.2 Å². The van der Waals surface area contributed by atoms with Gasteiger partial charge in [0.05, 0.1) is 0 Å². The number of hydrogen-bond acceptors (Lipinski definition) is 6. The van der Waals surface area contributed by atoms with Crippen LogP contribution in [0.1, 0.15) is 10.4 Å². The van der Waals surface area contributed by atoms with Crippen LogP contribution in [0.15, 0.2) is 18.3 Å². The lowest BCUT2D eigenvalue weighted by Gasteiger charge is -2.39. The van der Waals surface area contributed by atoms with Crippen LogP contribution in [0.5, 0.6) is 0 Å². The van der Waals surface area contributed by atoms with E-state index in [9.17, 15) is 13.2 Å². The molecule has 1 aromatic heterocycles. The van der Waals surface area contributed by atoms with Gasteiger partial charge in [-0.1, -0.05) is 0 Å². The molecule has 0 aromatic carbocycles. The van der Waals surface area contributed by atoms with Crippen LogP contribution in [-0.4, -0.2) is 111 Å². The van der Waals surface area contributed by atoms with Gasteiger partial charge in [0.1, 0.15) is 5.82 Å². The number of hydrogen-bond donors (Lipinski definition) is 0. The summed E-state index contributed by atoms with van der Waals surface area (Å²) in [5, 5.41) is 0. The van der Waals surface area contributed by atoms with Crippen molar-refractivity contribution in [1.29, 1.82) is 0 Å². The van der Waals surface area contributed by atoms with E-state index in [1.165, 1.54) is 4.31 Å². The molecule has 27 heavy (non-hydrogen) atoms. The second-order valence-electron chi connectivity index (χ2n) is 7.20. The van der Waals surface area contributed by atoms with Crippen LogP contribution in [0, 0.1) is 0 Å². The van der Waals surface area contributed by atoms with Crippen molar-refractivity contribution in [3.63, 3.8) is 0 Å². The highest BCUT2D eigenvalue weighted by Crippen LogP contribution is 2.17. The summed E-state index contributed by atoms with van der Waals surface area (Å²) >= 11 is 0. The third kappa shape index (κ3) is 4.40. The Morgan fingerprint density at radius 1 is 1.00 bits per heavy atom. The molecule has 150 valence electrons. The van der Waals surface area contributed by atoms with Crippen molar-refractivity contribution in [2.75, 3.05) is 78.4 Å². The molecule has 3 rings (SSSR count). The maximum absolute atomic E-state index is 12.8. The summed E-state index contributed by atoms with van der Waals surface area (Å²) in [4.78, 5) is 22.7. The highest BCUT2D eigenvalue weighted by molar-refractivity contribution is 7.86. The molecule has 3 heterocycles. The highest BCUT2D eigenvalue weighted by atomic mass is 32.2. The summed E-state index contributed by atoms with van der Waals surface area (Å²) in [5.74, 6) is 0.634. The number of nitrogens with zero attached hydrogens (tertiary/aromatic N) is 6. The lowest BCUT2D eigenvalue weighted by Crippen LogP contribution is -2.57. The number of aromatic nitrogens is 1. The third-order valence-corrected chi connectivity index (χ3v) is 7.13. The monoisotopic (exact) mass is 396 g/mol. The molecule has 1 aromatic rings. The molecule has 0 radical (unpaired) electrons. The molecule has 2 aliphatic heterocycles. The number of carbonyl (C=O) groups excluding carboxylic acids is 1. The van der Waals surface area contributed by atoms with E-state index >= 15 is 0 Å². The van der Waals surface area contributed by atoms with Gasteiger partial charge in [-0.2, -0.15) is 17.0 Å². The smallest absolute Gasteiger partial charge is 0.282 e. The minimum absolute atomic E-state index is 0.0860. The Balaban J connectivity index is 1.61. The first kappa shape index (κ1) is 20.0. The van der Waals surface area contributed by atoms with Crippen LogP contribution in [-0.2, 0) is 10.2 Å². The molecule has 2 aliphatic rings. The van der Waals surface area contributed by atoms with E-state index in [-0.39, 0.29) is 5.91 Å². The lowest BCUT2D eigenvalue weighted by molar-refractivity contribution is 0.0692. The van der Waals surface area contributed by atoms with Crippen LogP contribution in [0.3, 0.4) is 0 Å². The van der Waals surface area contributed by atoms with Crippen molar-refractivity contribution < 1.29 is 13.2 Å². The molecule has 2 fully saturated rings. The zero-order valence-corrected chi connectivity index (χ0v) is 17.0. The summed E-state index contributed by atoms with van der Waals surface area (Å²) in [6, 6.07) is 3.46. The third-order valence-electron chi connectivity index (χ3n) is 5.09. The summed E-state index contributed by atoms with van der Waals surface area (Å²) in [7, 11) is 2.29. The standard InChI is InChI=1S/C17H28N6O3S/c1-19(2)16-14-15(4-5-18-16)17(24)21-8-12-23(13-9-21)27(25,26)22-10-6-20(3)7-11-22/h4-5,14H,6-13H2,1-3H3. The van der Waals surface area contributed by atoms with Gasteiger partial charge in [-0.3, -0.25) is 4.79 Å². The predicted octanol–water partition coefficient (Wildman–Crippen LogP) is -0.602. The van der Waals surface area contributed by atoms with E-state index in [1.807, 2.05) is 26.0 Å². The van der Waals surface area contributed by atoms with Crippen LogP contribution in [0.2, 0.25) is 0 Å². The molecule has 0 saturated carbocycles. The maximum Gasteiger partial charge on any atom is 0.282 e. The van der Waals surface area contributed by atoms with Gasteiger partial charge in [0.15, 0.2) is 0 Å². The van der Waals surface area contributed by atoms with E-state index in [0.717, 1.165) is 18.9 Å². The normalized spacial score (nSPS) is 20.6. The molecule has 0 N–H and O–H groups in total. The molecule has 0 unspecified atom stereocenters. The number of carbonyl (C=O) groups is 1. The molecular weight excluding hydrogens is 368 g/mol. The Kier molecular flexibility index (Phi) is 5.99. The Hall–Kier alpha value is -1.75.